The molecule has 3 unspecified atom stereocenters. The molecule has 3 atom stereocenters. The van der Waals surface area contributed by atoms with Gasteiger partial charge >= 0.3 is 0 Å². The molecule has 0 fully saturated rings. The van der Waals surface area contributed by atoms with Gasteiger partial charge in [-0.2, -0.15) is 0 Å². The molecule has 1 rings (SSSR count). The summed E-state index contributed by atoms with van der Waals surface area (Å²) in [5.74, 6) is 1.95. The molecular weight excluding hydrogens is 252 g/mol. The van der Waals surface area contributed by atoms with Crippen LogP contribution in [0.5, 0.6) is 0 Å². The summed E-state index contributed by atoms with van der Waals surface area (Å²) in [7, 11) is 0. The van der Waals surface area contributed by atoms with Crippen molar-refractivity contribution in [3.63, 3.8) is 0 Å². The van der Waals surface area contributed by atoms with Gasteiger partial charge in [-0.25, -0.2) is 0 Å². The number of hydrogen-bond acceptors (Lipinski definition) is 3. The third-order valence-electron chi connectivity index (χ3n) is 4.19. The molecule has 0 radical (unpaired) electrons. The minimum absolute atomic E-state index is 0.482. The molecule has 20 heavy (non-hydrogen) atoms. The molecule has 3 nitrogen and oxygen atoms in total. The fourth-order valence-corrected chi connectivity index (χ4v) is 2.86. The second-order valence-electron chi connectivity index (χ2n) is 5.51. The maximum atomic E-state index is 9.82. The fraction of sp³-hybridized carbons (Fsp3) is 0.765. The van der Waals surface area contributed by atoms with E-state index in [-0.39, 0.29) is 0 Å². The van der Waals surface area contributed by atoms with Crippen LogP contribution in [0.25, 0.3) is 0 Å². The third kappa shape index (κ3) is 5.68. The molecular formula is C17H30O3. The van der Waals surface area contributed by atoms with Gasteiger partial charge in [-0.3, -0.25) is 0 Å². The molecule has 1 aromatic rings. The summed E-state index contributed by atoms with van der Waals surface area (Å²) in [4.78, 5) is 0. The van der Waals surface area contributed by atoms with Gasteiger partial charge in [0.2, 0.25) is 6.29 Å². The highest BCUT2D eigenvalue weighted by Gasteiger charge is 2.19. The van der Waals surface area contributed by atoms with E-state index in [4.69, 9.17) is 9.15 Å². The average Bonchev–Trinajstić information content (AvgIpc) is 3.00. The Kier molecular flexibility index (Phi) is 8.63. The van der Waals surface area contributed by atoms with Crippen molar-refractivity contribution in [3.8, 4) is 0 Å². The predicted molar refractivity (Wildman–Crippen MR) is 81.3 cm³/mol. The monoisotopic (exact) mass is 282 g/mol. The molecule has 1 aromatic heterocycles. The number of aliphatic hydroxyl groups is 1. The van der Waals surface area contributed by atoms with Crippen molar-refractivity contribution in [1.29, 1.82) is 0 Å². The summed E-state index contributed by atoms with van der Waals surface area (Å²) in [5, 5.41) is 9.82. The first-order valence-electron chi connectivity index (χ1n) is 8.05. The number of furan rings is 1. The van der Waals surface area contributed by atoms with Gasteiger partial charge in [0.1, 0.15) is 0 Å². The highest BCUT2D eigenvalue weighted by molar-refractivity contribution is 4.98. The highest BCUT2D eigenvalue weighted by atomic mass is 16.6. The van der Waals surface area contributed by atoms with E-state index in [1.807, 2.05) is 0 Å². The van der Waals surface area contributed by atoms with Crippen LogP contribution in [0.2, 0.25) is 0 Å². The van der Waals surface area contributed by atoms with Crippen LogP contribution in [0.15, 0.2) is 22.8 Å². The van der Waals surface area contributed by atoms with Crippen molar-refractivity contribution in [2.24, 2.45) is 11.8 Å². The van der Waals surface area contributed by atoms with Gasteiger partial charge in [0.05, 0.1) is 12.9 Å². The molecule has 3 heteroatoms. The topological polar surface area (TPSA) is 42.6 Å². The Morgan fingerprint density at radius 3 is 2.40 bits per heavy atom. The molecule has 0 bridgehead atoms. The Labute approximate surface area is 123 Å². The van der Waals surface area contributed by atoms with Gasteiger partial charge in [0, 0.05) is 0 Å². The largest absolute Gasteiger partial charge is 0.464 e. The summed E-state index contributed by atoms with van der Waals surface area (Å²) in [6.45, 7) is 7.36. The number of hydrogen-bond donors (Lipinski definition) is 1. The van der Waals surface area contributed by atoms with E-state index in [9.17, 15) is 5.11 Å². The molecule has 116 valence electrons. The van der Waals surface area contributed by atoms with Crippen LogP contribution in [0, 0.1) is 11.8 Å². The molecule has 0 amide bonds. The Balaban J connectivity index is 2.32. The minimum atomic E-state index is -0.932. The van der Waals surface area contributed by atoms with E-state index < -0.39 is 6.29 Å². The average molecular weight is 282 g/mol. The fourth-order valence-electron chi connectivity index (χ4n) is 2.86. The van der Waals surface area contributed by atoms with E-state index >= 15 is 0 Å². The van der Waals surface area contributed by atoms with Crippen LogP contribution >= 0.6 is 0 Å². The summed E-state index contributed by atoms with van der Waals surface area (Å²) in [6, 6.07) is 3.49. The molecule has 1 N–H and O–H groups in total. The van der Waals surface area contributed by atoms with Gasteiger partial charge < -0.3 is 14.3 Å². The van der Waals surface area contributed by atoms with Crippen LogP contribution < -0.4 is 0 Å². The second kappa shape index (κ2) is 10.0. The number of unbranched alkanes of at least 4 members (excludes halogenated alkanes) is 1. The molecule has 0 aliphatic carbocycles. The SMILES string of the molecule is CCCCC(CC)C(CC)CCOC(O)c1ccco1. The lowest BCUT2D eigenvalue weighted by Crippen LogP contribution is -2.17. The smallest absolute Gasteiger partial charge is 0.214 e. The first kappa shape index (κ1) is 17.3. The Morgan fingerprint density at radius 2 is 1.85 bits per heavy atom. The van der Waals surface area contributed by atoms with Crippen molar-refractivity contribution < 1.29 is 14.3 Å². The van der Waals surface area contributed by atoms with Gasteiger partial charge in [-0.05, 0) is 30.4 Å². The predicted octanol–water partition coefficient (Wildman–Crippen LogP) is 4.92. The lowest BCUT2D eigenvalue weighted by molar-refractivity contribution is -0.118. The highest BCUT2D eigenvalue weighted by Crippen LogP contribution is 2.28. The van der Waals surface area contributed by atoms with E-state index in [0.717, 1.165) is 12.3 Å². The van der Waals surface area contributed by atoms with Crippen LogP contribution in [0.3, 0.4) is 0 Å². The van der Waals surface area contributed by atoms with Gasteiger partial charge in [0.25, 0.3) is 0 Å². The Morgan fingerprint density at radius 1 is 1.15 bits per heavy atom. The molecule has 0 saturated carbocycles. The van der Waals surface area contributed by atoms with Gasteiger partial charge in [0.15, 0.2) is 5.76 Å². The Hall–Kier alpha value is -0.800. The van der Waals surface area contributed by atoms with Crippen molar-refractivity contribution in [1.82, 2.24) is 0 Å². The van der Waals surface area contributed by atoms with E-state index in [0.29, 0.717) is 18.3 Å². The van der Waals surface area contributed by atoms with Crippen molar-refractivity contribution in [2.45, 2.75) is 65.6 Å². The summed E-state index contributed by atoms with van der Waals surface area (Å²) in [6.07, 6.45) is 7.93. The third-order valence-corrected chi connectivity index (χ3v) is 4.19. The molecule has 0 aromatic carbocycles. The maximum absolute atomic E-state index is 9.82. The van der Waals surface area contributed by atoms with Crippen LogP contribution in [-0.2, 0) is 4.74 Å². The van der Waals surface area contributed by atoms with Gasteiger partial charge in [-0.1, -0.05) is 52.9 Å². The molecule has 0 aliphatic rings. The molecule has 0 spiro atoms. The summed E-state index contributed by atoms with van der Waals surface area (Å²) >= 11 is 0. The van der Waals surface area contributed by atoms with E-state index in [1.54, 1.807) is 18.4 Å². The first-order valence-corrected chi connectivity index (χ1v) is 8.05. The van der Waals surface area contributed by atoms with Crippen molar-refractivity contribution in [2.75, 3.05) is 6.61 Å². The molecule has 1 heterocycles. The van der Waals surface area contributed by atoms with E-state index in [1.165, 1.54) is 32.1 Å². The Bertz CT molecular complexity index is 321. The first-order chi connectivity index (χ1) is 9.72. The lowest BCUT2D eigenvalue weighted by atomic mass is 9.82. The van der Waals surface area contributed by atoms with Crippen LogP contribution in [0.4, 0.5) is 0 Å². The molecule has 0 aliphatic heterocycles. The number of ether oxygens (including phenoxy) is 1. The van der Waals surface area contributed by atoms with Crippen LogP contribution in [-0.4, -0.2) is 11.7 Å². The standard InChI is InChI=1S/C17H30O3/c1-4-7-9-14(5-2)15(6-3)11-13-20-17(18)16-10-8-12-19-16/h8,10,12,14-15,17-18H,4-7,9,11,13H2,1-3H3. The maximum Gasteiger partial charge on any atom is 0.214 e. The van der Waals surface area contributed by atoms with Crippen molar-refractivity contribution >= 4 is 0 Å². The zero-order chi connectivity index (χ0) is 14.8. The molecule has 0 saturated heterocycles. The normalized spacial score (nSPS) is 16.0. The van der Waals surface area contributed by atoms with Crippen LogP contribution in [0.1, 0.15) is 71.3 Å². The van der Waals surface area contributed by atoms with Gasteiger partial charge in [-0.15, -0.1) is 0 Å². The lowest BCUT2D eigenvalue weighted by Gasteiger charge is -2.25. The minimum Gasteiger partial charge on any atom is -0.464 e. The number of aliphatic hydroxyl groups excluding tert-OH is 1. The van der Waals surface area contributed by atoms with Crippen molar-refractivity contribution in [3.05, 3.63) is 24.2 Å². The second-order valence-corrected chi connectivity index (χ2v) is 5.51. The number of rotatable bonds is 11. The zero-order valence-corrected chi connectivity index (χ0v) is 13.2. The zero-order valence-electron chi connectivity index (χ0n) is 13.2. The quantitative estimate of drug-likeness (QED) is 0.586. The summed E-state index contributed by atoms with van der Waals surface area (Å²) in [5.41, 5.74) is 0. The van der Waals surface area contributed by atoms with E-state index in [2.05, 4.69) is 20.8 Å². The summed E-state index contributed by atoms with van der Waals surface area (Å²) < 4.78 is 10.6.